The van der Waals surface area contributed by atoms with Crippen LogP contribution in [0.3, 0.4) is 0 Å². The van der Waals surface area contributed by atoms with Gasteiger partial charge in [-0.2, -0.15) is 9.61 Å². The van der Waals surface area contributed by atoms with Gasteiger partial charge in [0.2, 0.25) is 5.82 Å². The Morgan fingerprint density at radius 1 is 1.11 bits per heavy atom. The number of hydrogen-bond donors (Lipinski definition) is 0. The SMILES string of the molecule is Cc1ccc(-c2nnc3c(C)c(C)c(Cl)nn23)o1. The first-order valence-corrected chi connectivity index (χ1v) is 5.90. The highest BCUT2D eigenvalue weighted by Crippen LogP contribution is 2.24. The molecule has 0 bridgehead atoms. The minimum atomic E-state index is 0.448. The molecule has 0 saturated carbocycles. The molecule has 0 unspecified atom stereocenters. The molecule has 18 heavy (non-hydrogen) atoms. The van der Waals surface area contributed by atoms with Gasteiger partial charge in [-0.25, -0.2) is 0 Å². The summed E-state index contributed by atoms with van der Waals surface area (Å²) in [5, 5.41) is 13.0. The molecule has 92 valence electrons. The van der Waals surface area contributed by atoms with Crippen LogP contribution in [0.25, 0.3) is 17.2 Å². The molecule has 0 aliphatic carbocycles. The molecule has 3 aromatic rings. The fraction of sp³-hybridized carbons (Fsp3) is 0.250. The van der Waals surface area contributed by atoms with Crippen molar-refractivity contribution in [2.45, 2.75) is 20.8 Å². The lowest BCUT2D eigenvalue weighted by Crippen LogP contribution is -1.99. The first-order chi connectivity index (χ1) is 8.58. The van der Waals surface area contributed by atoms with Gasteiger partial charge in [0.15, 0.2) is 16.6 Å². The molecule has 0 aromatic carbocycles. The summed E-state index contributed by atoms with van der Waals surface area (Å²) in [7, 11) is 0. The number of nitrogens with zero attached hydrogens (tertiary/aromatic N) is 4. The first kappa shape index (κ1) is 11.2. The van der Waals surface area contributed by atoms with Crippen LogP contribution in [0.1, 0.15) is 16.9 Å². The highest BCUT2D eigenvalue weighted by atomic mass is 35.5. The van der Waals surface area contributed by atoms with Crippen molar-refractivity contribution in [1.82, 2.24) is 19.8 Å². The Morgan fingerprint density at radius 3 is 2.56 bits per heavy atom. The third kappa shape index (κ3) is 1.51. The average molecular weight is 263 g/mol. The zero-order valence-corrected chi connectivity index (χ0v) is 11.0. The molecule has 0 spiro atoms. The molecule has 5 nitrogen and oxygen atoms in total. The van der Waals surface area contributed by atoms with E-state index in [-0.39, 0.29) is 0 Å². The van der Waals surface area contributed by atoms with Crippen LogP contribution in [0.2, 0.25) is 5.15 Å². The van der Waals surface area contributed by atoms with Gasteiger partial charge in [-0.15, -0.1) is 10.2 Å². The number of hydrogen-bond acceptors (Lipinski definition) is 4. The Balaban J connectivity index is 2.33. The van der Waals surface area contributed by atoms with Crippen molar-refractivity contribution in [1.29, 1.82) is 0 Å². The van der Waals surface area contributed by atoms with Gasteiger partial charge in [0.1, 0.15) is 5.76 Å². The number of furan rings is 1. The minimum Gasteiger partial charge on any atom is -0.458 e. The highest BCUT2D eigenvalue weighted by Gasteiger charge is 2.16. The topological polar surface area (TPSA) is 56.2 Å². The lowest BCUT2D eigenvalue weighted by molar-refractivity contribution is 0.542. The van der Waals surface area contributed by atoms with Crippen LogP contribution < -0.4 is 0 Å². The molecular weight excluding hydrogens is 252 g/mol. The van der Waals surface area contributed by atoms with E-state index in [4.69, 9.17) is 16.0 Å². The molecule has 0 aliphatic heterocycles. The molecule has 0 aliphatic rings. The van der Waals surface area contributed by atoms with Crippen LogP contribution >= 0.6 is 11.6 Å². The second kappa shape index (κ2) is 3.81. The second-order valence-electron chi connectivity index (χ2n) is 4.21. The van der Waals surface area contributed by atoms with Gasteiger partial charge >= 0.3 is 0 Å². The normalized spacial score (nSPS) is 11.3. The smallest absolute Gasteiger partial charge is 0.220 e. The molecule has 3 rings (SSSR count). The highest BCUT2D eigenvalue weighted by molar-refractivity contribution is 6.30. The van der Waals surface area contributed by atoms with Crippen molar-refractivity contribution in [3.63, 3.8) is 0 Å². The Morgan fingerprint density at radius 2 is 1.89 bits per heavy atom. The second-order valence-corrected chi connectivity index (χ2v) is 4.57. The third-order valence-corrected chi connectivity index (χ3v) is 3.36. The number of aryl methyl sites for hydroxylation is 2. The van der Waals surface area contributed by atoms with E-state index >= 15 is 0 Å². The van der Waals surface area contributed by atoms with Gasteiger partial charge in [-0.3, -0.25) is 0 Å². The Kier molecular flexibility index (Phi) is 2.38. The van der Waals surface area contributed by atoms with Gasteiger partial charge in [0, 0.05) is 5.56 Å². The van der Waals surface area contributed by atoms with E-state index in [0.717, 1.165) is 16.9 Å². The van der Waals surface area contributed by atoms with E-state index in [0.29, 0.717) is 22.4 Å². The van der Waals surface area contributed by atoms with Gasteiger partial charge < -0.3 is 4.42 Å². The molecule has 0 radical (unpaired) electrons. The predicted molar refractivity (Wildman–Crippen MR) is 67.7 cm³/mol. The fourth-order valence-electron chi connectivity index (χ4n) is 1.80. The largest absolute Gasteiger partial charge is 0.458 e. The van der Waals surface area contributed by atoms with E-state index in [2.05, 4.69) is 15.3 Å². The van der Waals surface area contributed by atoms with E-state index in [1.54, 1.807) is 4.52 Å². The molecule has 0 N–H and O–H groups in total. The van der Waals surface area contributed by atoms with Crippen LogP contribution in [0.4, 0.5) is 0 Å². The molecule has 0 atom stereocenters. The summed E-state index contributed by atoms with van der Waals surface area (Å²) in [4.78, 5) is 0. The monoisotopic (exact) mass is 262 g/mol. The van der Waals surface area contributed by atoms with Crippen molar-refractivity contribution in [2.24, 2.45) is 0 Å². The third-order valence-electron chi connectivity index (χ3n) is 3.00. The Bertz CT molecular complexity index is 744. The van der Waals surface area contributed by atoms with Crippen LogP contribution in [0.15, 0.2) is 16.5 Å². The van der Waals surface area contributed by atoms with Crippen LogP contribution in [0, 0.1) is 20.8 Å². The summed E-state index contributed by atoms with van der Waals surface area (Å²) < 4.78 is 7.15. The quantitative estimate of drug-likeness (QED) is 0.677. The summed E-state index contributed by atoms with van der Waals surface area (Å²) in [5.74, 6) is 2.01. The van der Waals surface area contributed by atoms with Crippen molar-refractivity contribution >= 4 is 17.2 Å². The number of rotatable bonds is 1. The Hall–Kier alpha value is -1.88. The molecule has 0 saturated heterocycles. The molecule has 6 heteroatoms. The summed E-state index contributed by atoms with van der Waals surface area (Å²) in [6, 6.07) is 3.72. The maximum atomic E-state index is 6.10. The molecule has 3 aromatic heterocycles. The average Bonchev–Trinajstić information content (AvgIpc) is 2.92. The lowest BCUT2D eigenvalue weighted by Gasteiger charge is -2.03. The minimum absolute atomic E-state index is 0.448. The van der Waals surface area contributed by atoms with Crippen molar-refractivity contribution in [3.05, 3.63) is 34.2 Å². The Labute approximate surface area is 108 Å². The predicted octanol–water partition coefficient (Wildman–Crippen LogP) is 2.96. The fourth-order valence-corrected chi connectivity index (χ4v) is 2.02. The maximum absolute atomic E-state index is 6.10. The standard InChI is InChI=1S/C12H11ClN4O/c1-6-4-5-9(18-6)12-15-14-11-8(3)7(2)10(13)16-17(11)12/h4-5H,1-3H3. The number of aromatic nitrogens is 4. The zero-order chi connectivity index (χ0) is 12.9. The zero-order valence-electron chi connectivity index (χ0n) is 10.2. The lowest BCUT2D eigenvalue weighted by atomic mass is 10.2. The van der Waals surface area contributed by atoms with Crippen LogP contribution in [0.5, 0.6) is 0 Å². The van der Waals surface area contributed by atoms with E-state index in [9.17, 15) is 0 Å². The van der Waals surface area contributed by atoms with Gasteiger partial charge in [0.05, 0.1) is 0 Å². The van der Waals surface area contributed by atoms with Crippen LogP contribution in [-0.4, -0.2) is 19.8 Å². The van der Waals surface area contributed by atoms with Crippen LogP contribution in [-0.2, 0) is 0 Å². The van der Waals surface area contributed by atoms with Crippen molar-refractivity contribution in [3.8, 4) is 11.6 Å². The van der Waals surface area contributed by atoms with Crippen molar-refractivity contribution in [2.75, 3.05) is 0 Å². The molecule has 0 amide bonds. The number of fused-ring (bicyclic) bond motifs is 1. The molecular formula is C12H11ClN4O. The van der Waals surface area contributed by atoms with E-state index in [1.807, 2.05) is 32.9 Å². The van der Waals surface area contributed by atoms with E-state index in [1.165, 1.54) is 0 Å². The van der Waals surface area contributed by atoms with Gasteiger partial charge in [-0.1, -0.05) is 11.6 Å². The summed E-state index contributed by atoms with van der Waals surface area (Å²) in [5.41, 5.74) is 2.58. The number of halogens is 1. The first-order valence-electron chi connectivity index (χ1n) is 5.53. The van der Waals surface area contributed by atoms with Gasteiger partial charge in [-0.05, 0) is 38.5 Å². The summed E-state index contributed by atoms with van der Waals surface area (Å²) in [6.45, 7) is 5.74. The summed E-state index contributed by atoms with van der Waals surface area (Å²) in [6.07, 6.45) is 0. The van der Waals surface area contributed by atoms with Crippen molar-refractivity contribution < 1.29 is 4.42 Å². The molecule has 3 heterocycles. The maximum Gasteiger partial charge on any atom is 0.220 e. The van der Waals surface area contributed by atoms with Gasteiger partial charge in [0.25, 0.3) is 0 Å². The van der Waals surface area contributed by atoms with E-state index < -0.39 is 0 Å². The summed E-state index contributed by atoms with van der Waals surface area (Å²) >= 11 is 6.10. The molecule has 0 fully saturated rings.